The third-order valence-corrected chi connectivity index (χ3v) is 4.73. The molecule has 2 N–H and O–H groups in total. The van der Waals surface area contributed by atoms with Crippen molar-refractivity contribution in [3.63, 3.8) is 0 Å². The summed E-state index contributed by atoms with van der Waals surface area (Å²) < 4.78 is 5.65. The number of carbonyl (C=O) groups is 1. The molecule has 1 amide bonds. The molecule has 0 spiro atoms. The van der Waals surface area contributed by atoms with Gasteiger partial charge in [0, 0.05) is 5.25 Å². The van der Waals surface area contributed by atoms with Crippen LogP contribution in [0.1, 0.15) is 26.2 Å². The van der Waals surface area contributed by atoms with Crippen molar-refractivity contribution in [1.82, 2.24) is 5.32 Å². The standard InChI is InChI=1S/C16H24N2O2S/c1-2-11-20-15-6-4-3-5-14(15)18-16(19)12-21-13-7-9-17-10-8-13/h3-6,13,17H,2,7-12H2,1H3,(H,18,19). The van der Waals surface area contributed by atoms with Gasteiger partial charge in [0.25, 0.3) is 0 Å². The normalized spacial score (nSPS) is 15.7. The number of ether oxygens (including phenoxy) is 1. The van der Waals surface area contributed by atoms with Crippen LogP contribution in [0.15, 0.2) is 24.3 Å². The average molecular weight is 308 g/mol. The van der Waals surface area contributed by atoms with Crippen molar-refractivity contribution in [2.45, 2.75) is 31.4 Å². The molecular weight excluding hydrogens is 284 g/mol. The number of hydrogen-bond acceptors (Lipinski definition) is 4. The van der Waals surface area contributed by atoms with E-state index in [9.17, 15) is 4.79 Å². The number of piperidine rings is 1. The van der Waals surface area contributed by atoms with Gasteiger partial charge in [-0.3, -0.25) is 4.79 Å². The Hall–Kier alpha value is -1.20. The summed E-state index contributed by atoms with van der Waals surface area (Å²) in [6, 6.07) is 7.61. The Morgan fingerprint density at radius 2 is 2.14 bits per heavy atom. The molecule has 4 nitrogen and oxygen atoms in total. The summed E-state index contributed by atoms with van der Waals surface area (Å²) in [6.45, 7) is 4.85. The average Bonchev–Trinajstić information content (AvgIpc) is 2.53. The minimum atomic E-state index is 0.0473. The van der Waals surface area contributed by atoms with Gasteiger partial charge < -0.3 is 15.4 Å². The molecule has 0 aromatic heterocycles. The number of benzene rings is 1. The Morgan fingerprint density at radius 3 is 2.90 bits per heavy atom. The minimum absolute atomic E-state index is 0.0473. The van der Waals surface area contributed by atoms with E-state index in [1.54, 1.807) is 11.8 Å². The van der Waals surface area contributed by atoms with E-state index in [0.29, 0.717) is 17.6 Å². The Morgan fingerprint density at radius 1 is 1.38 bits per heavy atom. The molecule has 116 valence electrons. The highest BCUT2D eigenvalue weighted by atomic mass is 32.2. The van der Waals surface area contributed by atoms with E-state index < -0.39 is 0 Å². The van der Waals surface area contributed by atoms with Crippen LogP contribution in [0.25, 0.3) is 0 Å². The van der Waals surface area contributed by atoms with Crippen LogP contribution in [0.3, 0.4) is 0 Å². The summed E-state index contributed by atoms with van der Waals surface area (Å²) in [4.78, 5) is 12.1. The van der Waals surface area contributed by atoms with Crippen LogP contribution in [0, 0.1) is 0 Å². The second kappa shape index (κ2) is 8.95. The molecule has 0 aliphatic carbocycles. The minimum Gasteiger partial charge on any atom is -0.491 e. The second-order valence-corrected chi connectivity index (χ2v) is 6.44. The molecule has 1 saturated heterocycles. The van der Waals surface area contributed by atoms with Gasteiger partial charge in [-0.2, -0.15) is 0 Å². The fraction of sp³-hybridized carbons (Fsp3) is 0.562. The highest BCUT2D eigenvalue weighted by molar-refractivity contribution is 8.00. The molecule has 0 unspecified atom stereocenters. The molecular formula is C16H24N2O2S. The van der Waals surface area contributed by atoms with E-state index in [1.807, 2.05) is 24.3 Å². The maximum Gasteiger partial charge on any atom is 0.234 e. The summed E-state index contributed by atoms with van der Waals surface area (Å²) in [5, 5.41) is 6.90. The van der Waals surface area contributed by atoms with Gasteiger partial charge in [-0.15, -0.1) is 11.8 Å². The zero-order valence-electron chi connectivity index (χ0n) is 12.6. The Kier molecular flexibility index (Phi) is 6.89. The van der Waals surface area contributed by atoms with E-state index in [4.69, 9.17) is 4.74 Å². The lowest BCUT2D eigenvalue weighted by molar-refractivity contribution is -0.113. The number of nitrogens with one attached hydrogen (secondary N) is 2. The number of carbonyl (C=O) groups excluding carboxylic acids is 1. The topological polar surface area (TPSA) is 50.4 Å². The van der Waals surface area contributed by atoms with Crippen LogP contribution in [0.4, 0.5) is 5.69 Å². The first kappa shape index (κ1) is 16.2. The maximum absolute atomic E-state index is 12.1. The molecule has 5 heteroatoms. The maximum atomic E-state index is 12.1. The second-order valence-electron chi connectivity index (χ2n) is 5.15. The summed E-state index contributed by atoms with van der Waals surface area (Å²) >= 11 is 1.76. The number of rotatable bonds is 7. The molecule has 0 saturated carbocycles. The van der Waals surface area contributed by atoms with Gasteiger partial charge in [-0.1, -0.05) is 19.1 Å². The van der Waals surface area contributed by atoms with Gasteiger partial charge in [0.15, 0.2) is 0 Å². The van der Waals surface area contributed by atoms with Crippen LogP contribution in [-0.2, 0) is 4.79 Å². The number of thioether (sulfide) groups is 1. The van der Waals surface area contributed by atoms with Crippen molar-refractivity contribution in [2.24, 2.45) is 0 Å². The molecule has 1 aromatic carbocycles. The van der Waals surface area contributed by atoms with Gasteiger partial charge >= 0.3 is 0 Å². The van der Waals surface area contributed by atoms with Gasteiger partial charge in [-0.25, -0.2) is 0 Å². The SMILES string of the molecule is CCCOc1ccccc1NC(=O)CSC1CCNCC1. The Bertz CT molecular complexity index is 448. The summed E-state index contributed by atoms with van der Waals surface area (Å²) in [6.07, 6.45) is 3.25. The molecule has 2 rings (SSSR count). The highest BCUT2D eigenvalue weighted by Crippen LogP contribution is 2.25. The summed E-state index contributed by atoms with van der Waals surface area (Å²) in [7, 11) is 0. The molecule has 1 heterocycles. The molecule has 1 fully saturated rings. The lowest BCUT2D eigenvalue weighted by Gasteiger charge is -2.21. The van der Waals surface area contributed by atoms with Crippen LogP contribution in [0.2, 0.25) is 0 Å². The Balaban J connectivity index is 1.81. The fourth-order valence-corrected chi connectivity index (χ4v) is 3.28. The predicted octanol–water partition coefficient (Wildman–Crippen LogP) is 2.90. The molecule has 21 heavy (non-hydrogen) atoms. The summed E-state index contributed by atoms with van der Waals surface area (Å²) in [5.41, 5.74) is 0.766. The van der Waals surface area contributed by atoms with Crippen LogP contribution >= 0.6 is 11.8 Å². The van der Waals surface area contributed by atoms with E-state index in [0.717, 1.165) is 43.8 Å². The van der Waals surface area contributed by atoms with Crippen molar-refractivity contribution in [1.29, 1.82) is 0 Å². The van der Waals surface area contributed by atoms with E-state index >= 15 is 0 Å². The molecule has 1 aliphatic heterocycles. The summed E-state index contributed by atoms with van der Waals surface area (Å²) in [5.74, 6) is 1.30. The van der Waals surface area contributed by atoms with E-state index in [-0.39, 0.29) is 5.91 Å². The van der Waals surface area contributed by atoms with E-state index in [1.165, 1.54) is 0 Å². The highest BCUT2D eigenvalue weighted by Gasteiger charge is 2.15. The lowest BCUT2D eigenvalue weighted by Crippen LogP contribution is -2.30. The monoisotopic (exact) mass is 308 g/mol. The molecule has 1 aliphatic rings. The number of amides is 1. The van der Waals surface area contributed by atoms with Crippen LogP contribution < -0.4 is 15.4 Å². The van der Waals surface area contributed by atoms with Crippen molar-refractivity contribution in [2.75, 3.05) is 30.8 Å². The first-order valence-electron chi connectivity index (χ1n) is 7.63. The zero-order chi connectivity index (χ0) is 14.9. The predicted molar refractivity (Wildman–Crippen MR) is 89.2 cm³/mol. The van der Waals surface area contributed by atoms with Crippen LogP contribution in [0.5, 0.6) is 5.75 Å². The van der Waals surface area contributed by atoms with Crippen molar-refractivity contribution in [3.8, 4) is 5.75 Å². The van der Waals surface area contributed by atoms with Gasteiger partial charge in [-0.05, 0) is 44.5 Å². The molecule has 1 aromatic rings. The number of hydrogen-bond donors (Lipinski definition) is 2. The van der Waals surface area contributed by atoms with E-state index in [2.05, 4.69) is 17.6 Å². The largest absolute Gasteiger partial charge is 0.491 e. The van der Waals surface area contributed by atoms with Crippen molar-refractivity contribution >= 4 is 23.4 Å². The third-order valence-electron chi connectivity index (χ3n) is 3.36. The zero-order valence-corrected chi connectivity index (χ0v) is 13.4. The molecule has 0 radical (unpaired) electrons. The number of anilines is 1. The fourth-order valence-electron chi connectivity index (χ4n) is 2.25. The van der Waals surface area contributed by atoms with Crippen LogP contribution in [-0.4, -0.2) is 36.6 Å². The van der Waals surface area contributed by atoms with Crippen molar-refractivity contribution in [3.05, 3.63) is 24.3 Å². The first-order chi connectivity index (χ1) is 10.3. The molecule has 0 atom stereocenters. The third kappa shape index (κ3) is 5.59. The Labute approximate surface area is 131 Å². The quantitative estimate of drug-likeness (QED) is 0.813. The van der Waals surface area contributed by atoms with Gasteiger partial charge in [0.2, 0.25) is 5.91 Å². The first-order valence-corrected chi connectivity index (χ1v) is 8.68. The van der Waals surface area contributed by atoms with Gasteiger partial charge in [0.1, 0.15) is 5.75 Å². The van der Waals surface area contributed by atoms with Crippen molar-refractivity contribution < 1.29 is 9.53 Å². The smallest absolute Gasteiger partial charge is 0.234 e. The van der Waals surface area contributed by atoms with Gasteiger partial charge in [0.05, 0.1) is 18.0 Å². The lowest BCUT2D eigenvalue weighted by atomic mass is 10.2. The number of para-hydroxylation sites is 2. The molecule has 0 bridgehead atoms.